The highest BCUT2D eigenvalue weighted by atomic mass is 32.1. The van der Waals surface area contributed by atoms with Gasteiger partial charge >= 0.3 is 0 Å². The van der Waals surface area contributed by atoms with Crippen molar-refractivity contribution in [2.24, 2.45) is 22.7 Å². The van der Waals surface area contributed by atoms with E-state index in [1.807, 2.05) is 33.8 Å². The highest BCUT2D eigenvalue weighted by molar-refractivity contribution is 7.19. The fourth-order valence-electron chi connectivity index (χ4n) is 8.67. The predicted octanol–water partition coefficient (Wildman–Crippen LogP) is 11.5. The van der Waals surface area contributed by atoms with Crippen molar-refractivity contribution in [2.45, 2.75) is 118 Å². The van der Waals surface area contributed by atoms with Crippen LogP contribution in [-0.4, -0.2) is 53.8 Å². The minimum absolute atomic E-state index is 0.0174. The molecule has 276 valence electrons. The van der Waals surface area contributed by atoms with Crippen LogP contribution < -0.4 is 0 Å². The summed E-state index contributed by atoms with van der Waals surface area (Å²) in [5.74, 6) is 0.874. The van der Waals surface area contributed by atoms with Crippen LogP contribution in [-0.2, 0) is 4.74 Å². The average molecular weight is 717 g/mol. The number of allylic oxidation sites excluding steroid dienone is 6. The summed E-state index contributed by atoms with van der Waals surface area (Å²) in [7, 11) is 2.10. The summed E-state index contributed by atoms with van der Waals surface area (Å²) in [6.45, 7) is 26.0. The summed E-state index contributed by atoms with van der Waals surface area (Å²) < 4.78 is 39.6. The van der Waals surface area contributed by atoms with Gasteiger partial charge in [-0.05, 0) is 106 Å². The number of rotatable bonds is 13. The quantitative estimate of drug-likeness (QED) is 0.194. The Balaban J connectivity index is 1.64. The second kappa shape index (κ2) is 15.8. The molecule has 3 heterocycles. The van der Waals surface area contributed by atoms with Crippen LogP contribution in [0.2, 0.25) is 0 Å². The van der Waals surface area contributed by atoms with Gasteiger partial charge in [-0.1, -0.05) is 61.0 Å². The largest absolute Gasteiger partial charge is 0.476 e. The third kappa shape index (κ3) is 7.62. The van der Waals surface area contributed by atoms with Crippen LogP contribution in [0.3, 0.4) is 0 Å². The average Bonchev–Trinajstić information content (AvgIpc) is 3.76. The maximum atomic E-state index is 17.6. The lowest BCUT2D eigenvalue weighted by Gasteiger charge is -2.36. The predicted molar refractivity (Wildman–Crippen MR) is 210 cm³/mol. The van der Waals surface area contributed by atoms with Gasteiger partial charge in [0, 0.05) is 46.7 Å². The standard InChI is InChI=1S/C43H58F2N4OS/c1-12-27(6)14-17-36(25(2)3)48(11)30(9)33-20-29(8)37(32-15-16-35(44)42-38(32)34(22-46)41(51-42)26(4)5)39(45)40(33)47-31(10)50-24-43-18-13-19-49(43)23-28(7)21-43/h15-16,20,25-28,36H,10,12-14,17-19,21,23-24H2,1-9,11H3/b33-30+,47-40+/t27?,28-,36?,43?/m1/s1. The van der Waals surface area contributed by atoms with Crippen molar-refractivity contribution in [2.75, 3.05) is 26.7 Å². The highest BCUT2D eigenvalue weighted by Gasteiger charge is 2.47. The molecule has 3 unspecified atom stereocenters. The summed E-state index contributed by atoms with van der Waals surface area (Å²) in [4.78, 5) is 10.5. The van der Waals surface area contributed by atoms with E-state index in [9.17, 15) is 5.26 Å². The molecule has 51 heavy (non-hydrogen) atoms. The normalized spacial score (nSPS) is 24.0. The Labute approximate surface area is 309 Å². The number of nitriles is 1. The number of aliphatic imine (C=N–C) groups is 1. The van der Waals surface area contributed by atoms with Gasteiger partial charge in [0.2, 0.25) is 5.88 Å². The Hall–Kier alpha value is -3.28. The van der Waals surface area contributed by atoms with E-state index in [1.54, 1.807) is 6.07 Å². The zero-order valence-electron chi connectivity index (χ0n) is 32.6. The number of ether oxygens (including phenoxy) is 1. The van der Waals surface area contributed by atoms with E-state index < -0.39 is 11.6 Å². The maximum absolute atomic E-state index is 17.6. The van der Waals surface area contributed by atoms with Crippen molar-refractivity contribution in [3.8, 4) is 6.07 Å². The Morgan fingerprint density at radius 1 is 1.22 bits per heavy atom. The van der Waals surface area contributed by atoms with Gasteiger partial charge in [-0.3, -0.25) is 4.90 Å². The van der Waals surface area contributed by atoms with Crippen LogP contribution in [0.1, 0.15) is 123 Å². The van der Waals surface area contributed by atoms with Gasteiger partial charge in [0.05, 0.1) is 15.8 Å². The molecule has 0 spiro atoms. The van der Waals surface area contributed by atoms with Crippen molar-refractivity contribution in [3.63, 3.8) is 0 Å². The van der Waals surface area contributed by atoms with Gasteiger partial charge in [-0.2, -0.15) is 5.26 Å². The Kier molecular flexibility index (Phi) is 12.0. The zero-order valence-corrected chi connectivity index (χ0v) is 33.4. The molecule has 0 N–H and O–H groups in total. The Morgan fingerprint density at radius 3 is 2.59 bits per heavy atom. The molecule has 2 aliphatic heterocycles. The van der Waals surface area contributed by atoms with Crippen molar-refractivity contribution >= 4 is 32.7 Å². The molecule has 5 rings (SSSR count). The lowest BCUT2D eigenvalue weighted by atomic mass is 9.85. The summed E-state index contributed by atoms with van der Waals surface area (Å²) in [5, 5.41) is 10.8. The van der Waals surface area contributed by atoms with Gasteiger partial charge in [0.1, 0.15) is 24.2 Å². The highest BCUT2D eigenvalue weighted by Crippen LogP contribution is 2.46. The fourth-order valence-corrected chi connectivity index (χ4v) is 9.85. The fraction of sp³-hybridized carbons (Fsp3) is 0.581. The Bertz CT molecular complexity index is 1820. The minimum Gasteiger partial charge on any atom is -0.476 e. The van der Waals surface area contributed by atoms with E-state index >= 15 is 8.78 Å². The minimum atomic E-state index is -0.521. The molecular weight excluding hydrogens is 659 g/mol. The number of halogens is 2. The number of fused-ring (bicyclic) bond motifs is 2. The van der Waals surface area contributed by atoms with Crippen LogP contribution in [0.4, 0.5) is 8.78 Å². The zero-order chi connectivity index (χ0) is 37.4. The summed E-state index contributed by atoms with van der Waals surface area (Å²) in [5.41, 5.74) is 3.64. The molecule has 4 atom stereocenters. The van der Waals surface area contributed by atoms with Crippen LogP contribution in [0.5, 0.6) is 0 Å². The number of nitrogens with zero attached hydrogens (tertiary/aromatic N) is 4. The van der Waals surface area contributed by atoms with Crippen LogP contribution in [0.15, 0.2) is 58.3 Å². The topological polar surface area (TPSA) is 51.9 Å². The lowest BCUT2D eigenvalue weighted by Crippen LogP contribution is -2.42. The molecule has 2 aromatic rings. The first kappa shape index (κ1) is 38.9. The number of hydrogen-bond donors (Lipinski definition) is 0. The van der Waals surface area contributed by atoms with Crippen LogP contribution >= 0.6 is 11.3 Å². The summed E-state index contributed by atoms with van der Waals surface area (Å²) >= 11 is 1.28. The number of benzene rings is 1. The van der Waals surface area contributed by atoms with E-state index in [0.29, 0.717) is 62.3 Å². The molecule has 1 aliphatic carbocycles. The molecule has 0 radical (unpaired) electrons. The molecule has 0 bridgehead atoms. The van der Waals surface area contributed by atoms with Crippen molar-refractivity contribution in [1.29, 1.82) is 5.26 Å². The second-order valence-corrected chi connectivity index (χ2v) is 17.2. The molecule has 0 amide bonds. The van der Waals surface area contributed by atoms with Gasteiger partial charge in [-0.15, -0.1) is 11.3 Å². The van der Waals surface area contributed by atoms with Gasteiger partial charge < -0.3 is 9.64 Å². The van der Waals surface area contributed by atoms with E-state index in [1.165, 1.54) is 17.4 Å². The van der Waals surface area contributed by atoms with E-state index in [4.69, 9.17) is 9.73 Å². The molecular formula is C43H58F2N4OS. The van der Waals surface area contributed by atoms with Gasteiger partial charge in [0.15, 0.2) is 5.83 Å². The maximum Gasteiger partial charge on any atom is 0.206 e. The van der Waals surface area contributed by atoms with Crippen LogP contribution in [0, 0.1) is 34.9 Å². The summed E-state index contributed by atoms with van der Waals surface area (Å²) in [6, 6.07) is 5.57. The van der Waals surface area contributed by atoms with Gasteiger partial charge in [-0.25, -0.2) is 13.8 Å². The smallest absolute Gasteiger partial charge is 0.206 e. The van der Waals surface area contributed by atoms with Crippen molar-refractivity contribution in [1.82, 2.24) is 9.80 Å². The number of thiophene rings is 1. The first-order valence-corrected chi connectivity index (χ1v) is 19.8. The molecule has 5 nitrogen and oxygen atoms in total. The van der Waals surface area contributed by atoms with Crippen LogP contribution in [0.25, 0.3) is 15.7 Å². The lowest BCUT2D eigenvalue weighted by molar-refractivity contribution is 0.0727. The molecule has 0 saturated carbocycles. The Morgan fingerprint density at radius 2 is 1.94 bits per heavy atom. The van der Waals surface area contributed by atoms with Gasteiger partial charge in [0.25, 0.3) is 0 Å². The van der Waals surface area contributed by atoms with E-state index in [-0.39, 0.29) is 29.1 Å². The van der Waals surface area contributed by atoms with Crippen molar-refractivity contribution in [3.05, 3.63) is 75.2 Å². The first-order chi connectivity index (χ1) is 24.1. The molecule has 8 heteroatoms. The molecule has 3 aliphatic rings. The van der Waals surface area contributed by atoms with Crippen molar-refractivity contribution < 1.29 is 13.5 Å². The van der Waals surface area contributed by atoms with E-state index in [0.717, 1.165) is 62.2 Å². The third-order valence-corrected chi connectivity index (χ3v) is 13.2. The van der Waals surface area contributed by atoms with E-state index in [2.05, 4.69) is 64.1 Å². The monoisotopic (exact) mass is 716 g/mol. The molecule has 1 aromatic carbocycles. The molecule has 2 saturated heterocycles. The third-order valence-electron chi connectivity index (χ3n) is 11.7. The number of hydrogen-bond acceptors (Lipinski definition) is 6. The molecule has 2 fully saturated rings. The second-order valence-electron chi connectivity index (χ2n) is 16.2. The first-order valence-electron chi connectivity index (χ1n) is 19.0. The summed E-state index contributed by atoms with van der Waals surface area (Å²) in [6.07, 6.45) is 8.56. The molecule has 1 aromatic heterocycles. The SMILES string of the molecule is C=C(/N=C1/C(F)=C(c2ccc(F)c3sc(C(C)C)c(C#N)c23)C(C)=C/C1=C(/C)N(C)C(CCC(C)CC)C(C)C)OCC12CCCN1C[C@H](C)C2.